The molecule has 3 N–H and O–H groups in total. The first-order chi connectivity index (χ1) is 11.4. The van der Waals surface area contributed by atoms with E-state index in [1.807, 2.05) is 39.0 Å². The summed E-state index contributed by atoms with van der Waals surface area (Å²) in [5.41, 5.74) is 0.985. The molecule has 1 amide bonds. The van der Waals surface area contributed by atoms with E-state index < -0.39 is 0 Å². The number of ether oxygens (including phenoxy) is 1. The number of fused-ring (bicyclic) bond motifs is 1. The molecule has 1 aliphatic rings. The first kappa shape index (κ1) is 21.5. The fourth-order valence-electron chi connectivity index (χ4n) is 2.69. The SMILES string of the molecule is CN=C(NCC(=O)NC(C)(C)C)NCC1CCOc2ccccc21.I. The summed E-state index contributed by atoms with van der Waals surface area (Å²) in [5, 5.41) is 9.27. The highest BCUT2D eigenvalue weighted by atomic mass is 127. The lowest BCUT2D eigenvalue weighted by atomic mass is 9.93. The average Bonchev–Trinajstić information content (AvgIpc) is 2.53. The number of benzene rings is 1. The van der Waals surface area contributed by atoms with Crippen LogP contribution in [0.25, 0.3) is 0 Å². The summed E-state index contributed by atoms with van der Waals surface area (Å²) in [4.78, 5) is 16.1. The van der Waals surface area contributed by atoms with Crippen LogP contribution in [0, 0.1) is 0 Å². The number of halogens is 1. The van der Waals surface area contributed by atoms with Crippen LogP contribution in [0.15, 0.2) is 29.3 Å². The molecule has 25 heavy (non-hydrogen) atoms. The van der Waals surface area contributed by atoms with Crippen molar-refractivity contribution in [2.45, 2.75) is 38.6 Å². The second-order valence-electron chi connectivity index (χ2n) is 6.98. The van der Waals surface area contributed by atoms with Crippen LogP contribution in [0.3, 0.4) is 0 Å². The van der Waals surface area contributed by atoms with Crippen molar-refractivity contribution in [3.8, 4) is 5.75 Å². The van der Waals surface area contributed by atoms with Gasteiger partial charge in [0.1, 0.15) is 5.75 Å². The van der Waals surface area contributed by atoms with Gasteiger partial charge in [-0.3, -0.25) is 9.79 Å². The first-order valence-electron chi connectivity index (χ1n) is 8.36. The predicted octanol–water partition coefficient (Wildman–Crippen LogP) is 2.25. The Bertz CT molecular complexity index is 599. The van der Waals surface area contributed by atoms with E-state index in [0.29, 0.717) is 11.9 Å². The second kappa shape index (κ2) is 9.84. The third kappa shape index (κ3) is 7.09. The smallest absolute Gasteiger partial charge is 0.239 e. The van der Waals surface area contributed by atoms with Crippen LogP contribution in [0.2, 0.25) is 0 Å². The molecule has 0 aliphatic carbocycles. The quantitative estimate of drug-likeness (QED) is 0.366. The van der Waals surface area contributed by atoms with Crippen molar-refractivity contribution in [3.05, 3.63) is 29.8 Å². The number of amides is 1. The number of nitrogens with zero attached hydrogens (tertiary/aromatic N) is 1. The molecule has 0 aromatic heterocycles. The maximum atomic E-state index is 11.9. The molecule has 6 nitrogen and oxygen atoms in total. The fourth-order valence-corrected chi connectivity index (χ4v) is 2.69. The van der Waals surface area contributed by atoms with Gasteiger partial charge in [0, 0.05) is 25.0 Å². The van der Waals surface area contributed by atoms with Crippen LogP contribution < -0.4 is 20.7 Å². The lowest BCUT2D eigenvalue weighted by molar-refractivity contribution is -0.121. The summed E-state index contributed by atoms with van der Waals surface area (Å²) in [7, 11) is 1.70. The molecule has 0 radical (unpaired) electrons. The molecule has 0 bridgehead atoms. The molecule has 1 heterocycles. The van der Waals surface area contributed by atoms with E-state index in [9.17, 15) is 4.79 Å². The van der Waals surface area contributed by atoms with Gasteiger partial charge in [-0.05, 0) is 38.8 Å². The van der Waals surface area contributed by atoms with Crippen molar-refractivity contribution < 1.29 is 9.53 Å². The Kier molecular flexibility index (Phi) is 8.47. The highest BCUT2D eigenvalue weighted by Crippen LogP contribution is 2.32. The maximum absolute atomic E-state index is 11.9. The van der Waals surface area contributed by atoms with Crippen LogP contribution in [0.5, 0.6) is 5.75 Å². The lowest BCUT2D eigenvalue weighted by Crippen LogP contribution is -2.48. The van der Waals surface area contributed by atoms with Crippen molar-refractivity contribution in [1.29, 1.82) is 0 Å². The molecule has 2 rings (SSSR count). The number of hydrogen-bond donors (Lipinski definition) is 3. The van der Waals surface area contributed by atoms with Crippen molar-refractivity contribution in [3.63, 3.8) is 0 Å². The van der Waals surface area contributed by atoms with E-state index in [4.69, 9.17) is 4.74 Å². The number of para-hydroxylation sites is 1. The number of guanidine groups is 1. The Balaban J connectivity index is 0.00000312. The van der Waals surface area contributed by atoms with Crippen LogP contribution in [0.4, 0.5) is 0 Å². The van der Waals surface area contributed by atoms with Crippen LogP contribution in [0.1, 0.15) is 38.7 Å². The summed E-state index contributed by atoms with van der Waals surface area (Å²) in [6, 6.07) is 8.13. The van der Waals surface area contributed by atoms with E-state index in [1.54, 1.807) is 7.05 Å². The molecule has 0 spiro atoms. The third-order valence-corrected chi connectivity index (χ3v) is 3.75. The zero-order chi connectivity index (χ0) is 17.6. The molecule has 140 valence electrons. The molecule has 1 unspecified atom stereocenters. The van der Waals surface area contributed by atoms with Gasteiger partial charge in [0.05, 0.1) is 13.2 Å². The number of carbonyl (C=O) groups is 1. The Morgan fingerprint density at radius 3 is 2.68 bits per heavy atom. The summed E-state index contributed by atoms with van der Waals surface area (Å²) in [6.07, 6.45) is 0.964. The van der Waals surface area contributed by atoms with Gasteiger partial charge in [-0.25, -0.2) is 0 Å². The molecule has 0 saturated heterocycles. The Hall–Kier alpha value is -1.51. The highest BCUT2D eigenvalue weighted by molar-refractivity contribution is 14.0. The minimum Gasteiger partial charge on any atom is -0.493 e. The van der Waals surface area contributed by atoms with E-state index >= 15 is 0 Å². The van der Waals surface area contributed by atoms with Crippen LogP contribution in [-0.4, -0.2) is 44.1 Å². The maximum Gasteiger partial charge on any atom is 0.239 e. The Labute approximate surface area is 167 Å². The fraction of sp³-hybridized carbons (Fsp3) is 0.556. The summed E-state index contributed by atoms with van der Waals surface area (Å²) in [5.74, 6) is 1.91. The minimum atomic E-state index is -0.235. The summed E-state index contributed by atoms with van der Waals surface area (Å²) >= 11 is 0. The number of carbonyl (C=O) groups excluding carboxylic acids is 1. The molecule has 0 saturated carbocycles. The van der Waals surface area contributed by atoms with Gasteiger partial charge in [0.25, 0.3) is 0 Å². The van der Waals surface area contributed by atoms with E-state index in [2.05, 4.69) is 27.0 Å². The molecule has 7 heteroatoms. The number of nitrogens with one attached hydrogen (secondary N) is 3. The molecule has 1 atom stereocenters. The van der Waals surface area contributed by atoms with Crippen molar-refractivity contribution >= 4 is 35.8 Å². The van der Waals surface area contributed by atoms with Gasteiger partial charge in [0.2, 0.25) is 5.91 Å². The van der Waals surface area contributed by atoms with Crippen LogP contribution in [-0.2, 0) is 4.79 Å². The third-order valence-electron chi connectivity index (χ3n) is 3.75. The normalized spacial score (nSPS) is 16.8. The Morgan fingerprint density at radius 1 is 1.28 bits per heavy atom. The minimum absolute atomic E-state index is 0. The molecule has 1 aromatic carbocycles. The molecular weight excluding hydrogens is 431 g/mol. The van der Waals surface area contributed by atoms with Gasteiger partial charge >= 0.3 is 0 Å². The molecular formula is C18H29IN4O2. The van der Waals surface area contributed by atoms with E-state index in [-0.39, 0.29) is 42.0 Å². The number of hydrogen-bond acceptors (Lipinski definition) is 3. The first-order valence-corrected chi connectivity index (χ1v) is 8.36. The van der Waals surface area contributed by atoms with Gasteiger partial charge in [-0.2, -0.15) is 0 Å². The molecule has 0 fully saturated rings. The monoisotopic (exact) mass is 460 g/mol. The van der Waals surface area contributed by atoms with Gasteiger partial charge in [-0.1, -0.05) is 18.2 Å². The average molecular weight is 460 g/mol. The topological polar surface area (TPSA) is 74.8 Å². The van der Waals surface area contributed by atoms with Crippen molar-refractivity contribution in [2.24, 2.45) is 4.99 Å². The lowest BCUT2D eigenvalue weighted by Gasteiger charge is -2.26. The van der Waals surface area contributed by atoms with Crippen LogP contribution >= 0.6 is 24.0 Å². The molecule has 1 aliphatic heterocycles. The zero-order valence-corrected chi connectivity index (χ0v) is 17.7. The number of aliphatic imine (C=N–C) groups is 1. The largest absolute Gasteiger partial charge is 0.493 e. The van der Waals surface area contributed by atoms with Gasteiger partial charge < -0.3 is 20.7 Å². The van der Waals surface area contributed by atoms with E-state index in [0.717, 1.165) is 25.3 Å². The van der Waals surface area contributed by atoms with Crippen molar-refractivity contribution in [2.75, 3.05) is 26.7 Å². The molecule has 1 aromatic rings. The second-order valence-corrected chi connectivity index (χ2v) is 6.98. The Morgan fingerprint density at radius 2 is 2.00 bits per heavy atom. The summed E-state index contributed by atoms with van der Waals surface area (Å²) < 4.78 is 5.69. The standard InChI is InChI=1S/C18H28N4O2.HI/c1-18(2,3)22-16(23)12-21-17(19-4)20-11-13-9-10-24-15-8-6-5-7-14(13)15;/h5-8,13H,9-12H2,1-4H3,(H,22,23)(H2,19,20,21);1H. The summed E-state index contributed by atoms with van der Waals surface area (Å²) in [6.45, 7) is 7.55. The van der Waals surface area contributed by atoms with E-state index in [1.165, 1.54) is 5.56 Å². The highest BCUT2D eigenvalue weighted by Gasteiger charge is 2.21. The number of rotatable bonds is 4. The van der Waals surface area contributed by atoms with Gasteiger partial charge in [-0.15, -0.1) is 24.0 Å². The zero-order valence-electron chi connectivity index (χ0n) is 15.4. The van der Waals surface area contributed by atoms with Gasteiger partial charge in [0.15, 0.2) is 5.96 Å². The van der Waals surface area contributed by atoms with Crippen molar-refractivity contribution in [1.82, 2.24) is 16.0 Å². The predicted molar refractivity (Wildman–Crippen MR) is 112 cm³/mol.